The van der Waals surface area contributed by atoms with E-state index in [0.29, 0.717) is 5.41 Å². The van der Waals surface area contributed by atoms with Crippen molar-refractivity contribution in [2.75, 3.05) is 7.05 Å². The zero-order valence-electron chi connectivity index (χ0n) is 12.8. The Hall–Kier alpha value is -1.26. The molecule has 1 fully saturated rings. The van der Waals surface area contributed by atoms with Gasteiger partial charge in [0.05, 0.1) is 6.04 Å². The summed E-state index contributed by atoms with van der Waals surface area (Å²) in [7, 11) is 1.99. The van der Waals surface area contributed by atoms with Gasteiger partial charge in [-0.25, -0.2) is 0 Å². The minimum absolute atomic E-state index is 0.146. The number of nitrogens with one attached hydrogen (secondary N) is 1. The highest BCUT2D eigenvalue weighted by Crippen LogP contribution is 2.45. The van der Waals surface area contributed by atoms with Crippen LogP contribution >= 0.6 is 11.3 Å². The van der Waals surface area contributed by atoms with Crippen LogP contribution in [0.5, 0.6) is 0 Å². The first-order valence-corrected chi connectivity index (χ1v) is 8.67. The van der Waals surface area contributed by atoms with Gasteiger partial charge in [0.2, 0.25) is 0 Å². The highest BCUT2D eigenvalue weighted by molar-refractivity contribution is 7.11. The second kappa shape index (κ2) is 6.24. The van der Waals surface area contributed by atoms with Crippen LogP contribution in [0.3, 0.4) is 0 Å². The number of rotatable bonds is 5. The molecule has 1 heterocycles. The summed E-state index contributed by atoms with van der Waals surface area (Å²) in [5.41, 5.74) is 1.55. The van der Waals surface area contributed by atoms with Gasteiger partial charge in [-0.05, 0) is 31.9 Å². The zero-order chi connectivity index (χ0) is 14.7. The van der Waals surface area contributed by atoms with E-state index in [4.69, 9.17) is 0 Å². The van der Waals surface area contributed by atoms with Crippen LogP contribution in [-0.4, -0.2) is 17.2 Å². The molecule has 0 spiro atoms. The summed E-state index contributed by atoms with van der Waals surface area (Å²) in [5.74, 6) is 0. The normalized spacial score (nSPS) is 18.8. The average Bonchev–Trinajstić information content (AvgIpc) is 3.19. The van der Waals surface area contributed by atoms with E-state index in [0.717, 1.165) is 5.01 Å². The molecule has 0 bridgehead atoms. The van der Waals surface area contributed by atoms with Crippen LogP contribution in [0.2, 0.25) is 0 Å². The molecule has 1 saturated carbocycles. The van der Waals surface area contributed by atoms with E-state index in [1.165, 1.54) is 42.7 Å². The molecule has 0 aliphatic heterocycles. The largest absolute Gasteiger partial charge is 0.307 e. The van der Waals surface area contributed by atoms with Crippen LogP contribution in [0.4, 0.5) is 0 Å². The lowest BCUT2D eigenvalue weighted by atomic mass is 9.84. The molecule has 1 aliphatic rings. The highest BCUT2D eigenvalue weighted by Gasteiger charge is 2.37. The summed E-state index contributed by atoms with van der Waals surface area (Å²) in [6.07, 6.45) is 6.38. The summed E-state index contributed by atoms with van der Waals surface area (Å²) in [4.78, 5) is 0. The quantitative estimate of drug-likeness (QED) is 0.904. The Bertz CT molecular complexity index is 573. The summed E-state index contributed by atoms with van der Waals surface area (Å²) < 4.78 is 0. The maximum absolute atomic E-state index is 4.56. The Morgan fingerprint density at radius 1 is 1.19 bits per heavy atom. The Balaban J connectivity index is 1.90. The lowest BCUT2D eigenvalue weighted by Crippen LogP contribution is -2.20. The molecule has 1 aromatic carbocycles. The maximum Gasteiger partial charge on any atom is 0.139 e. The lowest BCUT2D eigenvalue weighted by molar-refractivity contribution is 0.419. The maximum atomic E-state index is 4.56. The number of nitrogens with zero attached hydrogens (tertiary/aromatic N) is 2. The molecular formula is C17H23N3S. The fourth-order valence-corrected chi connectivity index (χ4v) is 4.71. The van der Waals surface area contributed by atoms with E-state index in [1.807, 2.05) is 13.1 Å². The molecule has 1 aliphatic carbocycles. The number of hydrogen-bond acceptors (Lipinski definition) is 4. The van der Waals surface area contributed by atoms with E-state index in [1.54, 1.807) is 11.3 Å². The van der Waals surface area contributed by atoms with Gasteiger partial charge in [-0.3, -0.25) is 0 Å². The van der Waals surface area contributed by atoms with Crippen LogP contribution in [-0.2, 0) is 5.41 Å². The number of aromatic nitrogens is 2. The highest BCUT2D eigenvalue weighted by atomic mass is 32.1. The molecule has 1 N–H and O–H groups in total. The van der Waals surface area contributed by atoms with Crippen molar-refractivity contribution < 1.29 is 0 Å². The first-order valence-electron chi connectivity index (χ1n) is 7.85. The molecule has 3 rings (SSSR count). The molecule has 1 unspecified atom stereocenters. The third-order valence-electron chi connectivity index (χ3n) is 4.80. The molecule has 21 heavy (non-hydrogen) atoms. The minimum Gasteiger partial charge on any atom is -0.307 e. The van der Waals surface area contributed by atoms with Crippen molar-refractivity contribution in [3.8, 4) is 0 Å². The van der Waals surface area contributed by atoms with Gasteiger partial charge in [-0.15, -0.1) is 10.2 Å². The minimum atomic E-state index is 0.146. The van der Waals surface area contributed by atoms with Gasteiger partial charge < -0.3 is 5.32 Å². The molecule has 2 aromatic rings. The Labute approximate surface area is 130 Å². The van der Waals surface area contributed by atoms with Crippen LogP contribution in [0, 0.1) is 0 Å². The summed E-state index contributed by atoms with van der Waals surface area (Å²) >= 11 is 1.80. The van der Waals surface area contributed by atoms with Crippen LogP contribution in [0.25, 0.3) is 0 Å². The predicted molar refractivity (Wildman–Crippen MR) is 87.7 cm³/mol. The van der Waals surface area contributed by atoms with E-state index in [9.17, 15) is 0 Å². The van der Waals surface area contributed by atoms with Gasteiger partial charge in [0, 0.05) is 5.41 Å². The van der Waals surface area contributed by atoms with Crippen molar-refractivity contribution in [1.82, 2.24) is 15.5 Å². The molecule has 0 radical (unpaired) electrons. The first-order chi connectivity index (χ1) is 10.3. The smallest absolute Gasteiger partial charge is 0.139 e. The van der Waals surface area contributed by atoms with Crippen molar-refractivity contribution in [3.63, 3.8) is 0 Å². The van der Waals surface area contributed by atoms with Crippen LogP contribution in [0.15, 0.2) is 30.3 Å². The van der Waals surface area contributed by atoms with Gasteiger partial charge in [-0.2, -0.15) is 0 Å². The monoisotopic (exact) mass is 301 g/mol. The van der Waals surface area contributed by atoms with Crippen LogP contribution < -0.4 is 5.32 Å². The van der Waals surface area contributed by atoms with E-state index in [2.05, 4.69) is 46.7 Å². The topological polar surface area (TPSA) is 37.8 Å². The Morgan fingerprint density at radius 3 is 2.52 bits per heavy atom. The van der Waals surface area contributed by atoms with Gasteiger partial charge in [-0.1, -0.05) is 61.4 Å². The SMILES string of the molecule is CCC1(c2nnc(C(NC)c3ccccc3)s2)CCCC1. The fraction of sp³-hybridized carbons (Fsp3) is 0.529. The van der Waals surface area contributed by atoms with E-state index in [-0.39, 0.29) is 6.04 Å². The van der Waals surface area contributed by atoms with Crippen LogP contribution in [0.1, 0.15) is 60.6 Å². The second-order valence-electron chi connectivity index (χ2n) is 5.92. The summed E-state index contributed by atoms with van der Waals surface area (Å²) in [6, 6.07) is 10.6. The average molecular weight is 301 g/mol. The third-order valence-corrected chi connectivity index (χ3v) is 6.03. The Morgan fingerprint density at radius 2 is 1.90 bits per heavy atom. The zero-order valence-corrected chi connectivity index (χ0v) is 13.6. The third kappa shape index (κ3) is 2.74. The van der Waals surface area contributed by atoms with Gasteiger partial charge in [0.1, 0.15) is 10.0 Å². The van der Waals surface area contributed by atoms with Gasteiger partial charge in [0.25, 0.3) is 0 Å². The molecule has 0 amide bonds. The number of hydrogen-bond donors (Lipinski definition) is 1. The summed E-state index contributed by atoms with van der Waals surface area (Å²) in [6.45, 7) is 2.29. The lowest BCUT2D eigenvalue weighted by Gasteiger charge is -2.23. The molecule has 3 nitrogen and oxygen atoms in total. The standard InChI is InChI=1S/C17H23N3S/c1-3-17(11-7-8-12-17)16-20-19-15(21-16)14(18-2)13-9-5-4-6-10-13/h4-6,9-10,14,18H,3,7-8,11-12H2,1-2H3. The van der Waals surface area contributed by atoms with Crippen molar-refractivity contribution in [3.05, 3.63) is 45.9 Å². The molecule has 112 valence electrons. The van der Waals surface area contributed by atoms with Crippen molar-refractivity contribution in [2.24, 2.45) is 0 Å². The summed E-state index contributed by atoms with van der Waals surface area (Å²) in [5, 5.41) is 14.8. The molecular weight excluding hydrogens is 278 g/mol. The molecule has 4 heteroatoms. The van der Waals surface area contributed by atoms with E-state index >= 15 is 0 Å². The molecule has 1 atom stereocenters. The first kappa shape index (κ1) is 14.7. The van der Waals surface area contributed by atoms with Gasteiger partial charge in [0.15, 0.2) is 0 Å². The molecule has 1 aromatic heterocycles. The molecule has 0 saturated heterocycles. The van der Waals surface area contributed by atoms with E-state index < -0.39 is 0 Å². The Kier molecular flexibility index (Phi) is 4.36. The van der Waals surface area contributed by atoms with Crippen molar-refractivity contribution in [2.45, 2.75) is 50.5 Å². The van der Waals surface area contributed by atoms with Crippen molar-refractivity contribution >= 4 is 11.3 Å². The van der Waals surface area contributed by atoms with Gasteiger partial charge >= 0.3 is 0 Å². The van der Waals surface area contributed by atoms with Crippen molar-refractivity contribution in [1.29, 1.82) is 0 Å². The number of benzene rings is 1. The fourth-order valence-electron chi connectivity index (χ4n) is 3.41. The second-order valence-corrected chi connectivity index (χ2v) is 6.93. The predicted octanol–water partition coefficient (Wildman–Crippen LogP) is 4.07.